The standard InChI is InChI=1S/C42H40N2O10/c1-49-39(45)37(43-41(47)51-27-31-10-5-3-6-11-31)24-29-16-20-33(21-17-29)53-35-14-9-15-36(26-35)54-34-22-18-30(19-23-34)25-38(40(46)50-2)44-42(48)52-28-32-12-7-4-8-13-32/h3-23,26,37-38H,24-25,27-28H2,1-2H3,(H,43,47)(H,44,48)/t37-,38-/m0/s1. The van der Waals surface area contributed by atoms with Crippen molar-refractivity contribution in [1.29, 1.82) is 0 Å². The fourth-order valence-corrected chi connectivity index (χ4v) is 5.22. The summed E-state index contributed by atoms with van der Waals surface area (Å²) in [7, 11) is 2.51. The van der Waals surface area contributed by atoms with Crippen LogP contribution in [0.3, 0.4) is 0 Å². The van der Waals surface area contributed by atoms with Gasteiger partial charge in [-0.2, -0.15) is 0 Å². The van der Waals surface area contributed by atoms with Gasteiger partial charge in [0.15, 0.2) is 0 Å². The van der Waals surface area contributed by atoms with Gasteiger partial charge in [0.1, 0.15) is 48.3 Å². The molecule has 0 aromatic heterocycles. The minimum absolute atomic E-state index is 0.0684. The largest absolute Gasteiger partial charge is 0.467 e. The molecule has 2 atom stereocenters. The highest BCUT2D eigenvalue weighted by atomic mass is 16.6. The summed E-state index contributed by atoms with van der Waals surface area (Å²) < 4.78 is 32.4. The van der Waals surface area contributed by atoms with Crippen molar-refractivity contribution in [3.63, 3.8) is 0 Å². The third kappa shape index (κ3) is 12.2. The van der Waals surface area contributed by atoms with Crippen molar-refractivity contribution in [2.45, 2.75) is 38.1 Å². The number of rotatable bonds is 16. The first-order valence-corrected chi connectivity index (χ1v) is 17.0. The van der Waals surface area contributed by atoms with E-state index in [1.165, 1.54) is 14.2 Å². The molecule has 0 unspecified atom stereocenters. The van der Waals surface area contributed by atoms with Gasteiger partial charge in [0.2, 0.25) is 0 Å². The lowest BCUT2D eigenvalue weighted by atomic mass is 10.1. The predicted molar refractivity (Wildman–Crippen MR) is 198 cm³/mol. The van der Waals surface area contributed by atoms with Crippen molar-refractivity contribution < 1.29 is 47.6 Å². The van der Waals surface area contributed by atoms with Gasteiger partial charge in [0.05, 0.1) is 14.2 Å². The molecular formula is C42H40N2O10. The maximum Gasteiger partial charge on any atom is 0.408 e. The molecule has 2 N–H and O–H groups in total. The van der Waals surface area contributed by atoms with E-state index in [1.807, 2.05) is 60.7 Å². The van der Waals surface area contributed by atoms with E-state index in [4.69, 9.17) is 28.4 Å². The Labute approximate surface area is 312 Å². The van der Waals surface area contributed by atoms with Gasteiger partial charge >= 0.3 is 24.1 Å². The first-order chi connectivity index (χ1) is 26.3. The number of methoxy groups -OCH3 is 2. The molecule has 0 fully saturated rings. The number of benzene rings is 5. The van der Waals surface area contributed by atoms with Gasteiger partial charge in [-0.05, 0) is 58.7 Å². The molecule has 2 amide bonds. The molecule has 5 aromatic rings. The van der Waals surface area contributed by atoms with E-state index in [-0.39, 0.29) is 26.1 Å². The number of esters is 2. The Bertz CT molecular complexity index is 1830. The van der Waals surface area contributed by atoms with Gasteiger partial charge in [-0.25, -0.2) is 19.2 Å². The average molecular weight is 733 g/mol. The molecule has 0 aliphatic rings. The Morgan fingerprint density at radius 3 is 1.22 bits per heavy atom. The van der Waals surface area contributed by atoms with Crippen molar-refractivity contribution in [1.82, 2.24) is 10.6 Å². The van der Waals surface area contributed by atoms with Crippen LogP contribution in [0.2, 0.25) is 0 Å². The summed E-state index contributed by atoms with van der Waals surface area (Å²) in [5.41, 5.74) is 3.17. The normalized spacial score (nSPS) is 11.6. The minimum atomic E-state index is -0.951. The van der Waals surface area contributed by atoms with Crippen LogP contribution in [-0.2, 0) is 54.6 Å². The van der Waals surface area contributed by atoms with Crippen LogP contribution in [0.1, 0.15) is 22.3 Å². The number of hydrogen-bond donors (Lipinski definition) is 2. The van der Waals surface area contributed by atoms with Crippen molar-refractivity contribution >= 4 is 24.1 Å². The Balaban J connectivity index is 1.12. The Hall–Kier alpha value is -6.82. The van der Waals surface area contributed by atoms with E-state index >= 15 is 0 Å². The van der Waals surface area contributed by atoms with Crippen LogP contribution in [0.25, 0.3) is 0 Å². The number of amides is 2. The fraction of sp³-hybridized carbons (Fsp3) is 0.190. The molecular weight excluding hydrogens is 692 g/mol. The van der Waals surface area contributed by atoms with Crippen LogP contribution in [0.4, 0.5) is 9.59 Å². The summed E-state index contributed by atoms with van der Waals surface area (Å²) in [6, 6.07) is 37.8. The number of ether oxygens (including phenoxy) is 6. The van der Waals surface area contributed by atoms with E-state index in [1.54, 1.807) is 72.8 Å². The Morgan fingerprint density at radius 1 is 0.463 bits per heavy atom. The number of alkyl carbamates (subject to hydrolysis) is 2. The summed E-state index contributed by atoms with van der Waals surface area (Å²) >= 11 is 0. The lowest BCUT2D eigenvalue weighted by Crippen LogP contribution is -2.43. The summed E-state index contributed by atoms with van der Waals surface area (Å²) in [4.78, 5) is 49.7. The Morgan fingerprint density at radius 2 is 0.852 bits per heavy atom. The molecule has 0 saturated heterocycles. The molecule has 0 bridgehead atoms. The van der Waals surface area contributed by atoms with E-state index in [0.717, 1.165) is 22.3 Å². The molecule has 278 valence electrons. The highest BCUT2D eigenvalue weighted by Gasteiger charge is 2.24. The molecule has 0 saturated carbocycles. The SMILES string of the molecule is COC(=O)[C@H](Cc1ccc(Oc2cccc(Oc3ccc(C[C@H](NC(=O)OCc4ccccc4)C(=O)OC)cc3)c2)cc1)NC(=O)OCc1ccccc1. The first-order valence-electron chi connectivity index (χ1n) is 17.0. The zero-order valence-electron chi connectivity index (χ0n) is 29.8. The number of nitrogens with one attached hydrogen (secondary N) is 2. The smallest absolute Gasteiger partial charge is 0.408 e. The number of carbonyl (C=O) groups excluding carboxylic acids is 4. The monoisotopic (exact) mass is 732 g/mol. The lowest BCUT2D eigenvalue weighted by molar-refractivity contribution is -0.143. The van der Waals surface area contributed by atoms with Crippen LogP contribution in [0, 0.1) is 0 Å². The third-order valence-electron chi connectivity index (χ3n) is 7.98. The molecule has 0 heterocycles. The summed E-state index contributed by atoms with van der Waals surface area (Å²) in [6.07, 6.45) is -1.11. The molecule has 12 heteroatoms. The summed E-state index contributed by atoms with van der Waals surface area (Å²) in [5, 5.41) is 5.16. The zero-order chi connectivity index (χ0) is 38.1. The minimum Gasteiger partial charge on any atom is -0.467 e. The fourth-order valence-electron chi connectivity index (χ4n) is 5.22. The lowest BCUT2D eigenvalue weighted by Gasteiger charge is -2.17. The van der Waals surface area contributed by atoms with E-state index in [9.17, 15) is 19.2 Å². The first kappa shape index (κ1) is 38.4. The second-order valence-corrected chi connectivity index (χ2v) is 11.9. The van der Waals surface area contributed by atoms with Crippen LogP contribution in [0.15, 0.2) is 133 Å². The highest BCUT2D eigenvalue weighted by molar-refractivity contribution is 5.82. The van der Waals surface area contributed by atoms with Crippen LogP contribution >= 0.6 is 0 Å². The van der Waals surface area contributed by atoms with E-state index in [0.29, 0.717) is 23.0 Å². The second kappa shape index (κ2) is 19.7. The molecule has 0 radical (unpaired) electrons. The number of hydrogen-bond acceptors (Lipinski definition) is 10. The molecule has 12 nitrogen and oxygen atoms in total. The molecule has 5 rings (SSSR count). The third-order valence-corrected chi connectivity index (χ3v) is 7.98. The van der Waals surface area contributed by atoms with Crippen LogP contribution < -0.4 is 20.1 Å². The van der Waals surface area contributed by atoms with Crippen LogP contribution in [-0.4, -0.2) is 50.4 Å². The highest BCUT2D eigenvalue weighted by Crippen LogP contribution is 2.29. The zero-order valence-corrected chi connectivity index (χ0v) is 29.8. The average Bonchev–Trinajstić information content (AvgIpc) is 3.20. The molecule has 54 heavy (non-hydrogen) atoms. The quantitative estimate of drug-likeness (QED) is 0.0783. The van der Waals surface area contributed by atoms with E-state index in [2.05, 4.69) is 10.6 Å². The van der Waals surface area contributed by atoms with Gasteiger partial charge in [0.25, 0.3) is 0 Å². The van der Waals surface area contributed by atoms with Crippen molar-refractivity contribution in [2.24, 2.45) is 0 Å². The summed E-state index contributed by atoms with van der Waals surface area (Å²) in [6.45, 7) is 0.137. The summed E-state index contributed by atoms with van der Waals surface area (Å²) in [5.74, 6) is 0.942. The Kier molecular flexibility index (Phi) is 14.0. The van der Waals surface area contributed by atoms with Gasteiger partial charge in [0, 0.05) is 18.9 Å². The maximum absolute atomic E-state index is 12.4. The van der Waals surface area contributed by atoms with Gasteiger partial charge in [-0.15, -0.1) is 0 Å². The predicted octanol–water partition coefficient (Wildman–Crippen LogP) is 7.29. The molecule has 0 aliphatic carbocycles. The number of carbonyl (C=O) groups is 4. The van der Waals surface area contributed by atoms with Gasteiger partial charge in [-0.1, -0.05) is 91.0 Å². The maximum atomic E-state index is 12.4. The second-order valence-electron chi connectivity index (χ2n) is 11.9. The van der Waals surface area contributed by atoms with Crippen molar-refractivity contribution in [2.75, 3.05) is 14.2 Å². The molecule has 0 spiro atoms. The van der Waals surface area contributed by atoms with Gasteiger partial charge in [-0.3, -0.25) is 0 Å². The molecule has 5 aromatic carbocycles. The van der Waals surface area contributed by atoms with Crippen LogP contribution in [0.5, 0.6) is 23.0 Å². The topological polar surface area (TPSA) is 148 Å². The molecule has 0 aliphatic heterocycles. The van der Waals surface area contributed by atoms with E-state index < -0.39 is 36.2 Å². The van der Waals surface area contributed by atoms with Crippen molar-refractivity contribution in [3.8, 4) is 23.0 Å². The van der Waals surface area contributed by atoms with Gasteiger partial charge < -0.3 is 39.1 Å². The van der Waals surface area contributed by atoms with Crippen molar-refractivity contribution in [3.05, 3.63) is 156 Å².